The average molecular weight is 1110 g/mol. The van der Waals surface area contributed by atoms with Gasteiger partial charge in [0.05, 0.1) is 56.9 Å². The molecule has 444 valence electrons. The number of hydrogen-bond donors (Lipinski definition) is 15. The Morgan fingerprint density at radius 2 is 1.05 bits per heavy atom. The highest BCUT2D eigenvalue weighted by molar-refractivity contribution is 5.29. The minimum atomic E-state index is -1.82. The van der Waals surface area contributed by atoms with E-state index in [-0.39, 0.29) is 59.0 Å². The fraction of sp³-hybridized carbons (Fsp3) is 0.962. The summed E-state index contributed by atoms with van der Waals surface area (Å²) in [6.45, 7) is 7.98. The van der Waals surface area contributed by atoms with Crippen LogP contribution in [0.5, 0.6) is 0 Å². The van der Waals surface area contributed by atoms with Gasteiger partial charge in [0.25, 0.3) is 0 Å². The maximum absolute atomic E-state index is 12.2. The van der Waals surface area contributed by atoms with Crippen LogP contribution in [0.15, 0.2) is 11.6 Å². The molecular weight excluding hydrogens is 1020 g/mol. The van der Waals surface area contributed by atoms with Crippen molar-refractivity contribution in [3.05, 3.63) is 11.6 Å². The molecule has 0 aromatic heterocycles. The van der Waals surface area contributed by atoms with Crippen LogP contribution in [-0.2, 0) is 42.6 Å². The van der Waals surface area contributed by atoms with E-state index in [4.69, 9.17) is 42.6 Å². The highest BCUT2D eigenvalue weighted by Gasteiger charge is 2.63. The number of hydrogen-bond acceptors (Lipinski definition) is 24. The van der Waals surface area contributed by atoms with Gasteiger partial charge in [0.2, 0.25) is 0 Å². The van der Waals surface area contributed by atoms with Crippen molar-refractivity contribution in [2.45, 2.75) is 239 Å². The van der Waals surface area contributed by atoms with E-state index in [9.17, 15) is 76.6 Å². The molecule has 77 heavy (non-hydrogen) atoms. The van der Waals surface area contributed by atoms with Crippen LogP contribution in [-0.4, -0.2) is 256 Å². The molecule has 5 heterocycles. The smallest absolute Gasteiger partial charge is 0.187 e. The van der Waals surface area contributed by atoms with Gasteiger partial charge in [-0.25, -0.2) is 0 Å². The van der Waals surface area contributed by atoms with E-state index in [0.717, 1.165) is 25.7 Å². The highest BCUT2D eigenvalue weighted by atomic mass is 16.8. The highest BCUT2D eigenvalue weighted by Crippen LogP contribution is 2.67. The molecule has 3 saturated carbocycles. The third-order valence-electron chi connectivity index (χ3n) is 20.4. The monoisotopic (exact) mass is 1110 g/mol. The second-order valence-electron chi connectivity index (χ2n) is 24.6. The van der Waals surface area contributed by atoms with Gasteiger partial charge in [0.1, 0.15) is 97.7 Å². The normalized spacial score (nSPS) is 54.5. The molecule has 0 bridgehead atoms. The summed E-state index contributed by atoms with van der Waals surface area (Å²) in [7, 11) is 0. The van der Waals surface area contributed by atoms with Gasteiger partial charge in [-0.05, 0) is 105 Å². The van der Waals surface area contributed by atoms with E-state index in [2.05, 4.69) is 33.8 Å². The summed E-state index contributed by atoms with van der Waals surface area (Å²) in [4.78, 5) is 0. The van der Waals surface area contributed by atoms with E-state index in [1.807, 2.05) is 6.92 Å². The van der Waals surface area contributed by atoms with E-state index in [1.54, 1.807) is 0 Å². The first-order valence-corrected chi connectivity index (χ1v) is 28.0. The second kappa shape index (κ2) is 23.8. The number of fused-ring (bicyclic) bond motifs is 5. The maximum atomic E-state index is 12.2. The number of aliphatic hydroxyl groups is 15. The molecule has 9 rings (SSSR count). The van der Waals surface area contributed by atoms with Gasteiger partial charge in [-0.2, -0.15) is 0 Å². The summed E-state index contributed by atoms with van der Waals surface area (Å²) in [5.74, 6) is 0.335. The van der Waals surface area contributed by atoms with Crippen LogP contribution >= 0.6 is 0 Å². The van der Waals surface area contributed by atoms with Crippen LogP contribution < -0.4 is 0 Å². The first-order valence-electron chi connectivity index (χ1n) is 28.0. The summed E-state index contributed by atoms with van der Waals surface area (Å²) < 4.78 is 54.8. The van der Waals surface area contributed by atoms with Crippen molar-refractivity contribution in [2.75, 3.05) is 33.0 Å². The fourth-order valence-corrected chi connectivity index (χ4v) is 15.7. The topological polar surface area (TPSA) is 387 Å². The van der Waals surface area contributed by atoms with E-state index < -0.39 is 167 Å². The standard InChI is InChI=1S/C53H88O24/c1-6-22-14-29(77-53(22,5)20-69-49-45(41(65)37(61)32(18-56)73-49)75-47-43(67)39(63)35(59)30(16-54)71-47)21(2)34-28(58)15-27-25-8-7-23-13-24(9-11-51(23,3)26(25)10-12-52(27,34)4)70-50-46(42(66)38(62)33(19-57)74-50)76-48-44(68)40(64)36(60)31(17-55)72-48/h8,21-24,26-50,54-68H,6-7,9-20H2,1-5H3/t21-,22+,23+,24+,26+,27+,28+,29-,30-,31-,32-,33-,34+,35-,36-,37-,38-,39+,40+,41+,42+,43-,44-,45-,46-,47+,48-,49-,50-,51+,52+,53-/m1/s1. The van der Waals surface area contributed by atoms with Crippen molar-refractivity contribution in [3.63, 3.8) is 0 Å². The van der Waals surface area contributed by atoms with Crippen molar-refractivity contribution in [2.24, 2.45) is 46.3 Å². The molecule has 0 radical (unpaired) electrons. The predicted molar refractivity (Wildman–Crippen MR) is 261 cm³/mol. The van der Waals surface area contributed by atoms with Gasteiger partial charge in [-0.3, -0.25) is 0 Å². The molecule has 8 fully saturated rings. The SMILES string of the molecule is CC[C@H]1C[C@H]([C@@H](C)[C@H]2[C@@H](O)C[C@H]3C4=CC[C@H]5C[C@@H](O[C@@H]6O[C@H](CO)[C@@H](O)[C@H](O)[C@H]6O[C@H]6O[C@H](CO)[C@@H](O)[C@H](O)[C@H]6O)CC[C@]5(C)[C@H]4CC[C@]23C)O[C@]1(C)CO[C@@H]1O[C@H](CO)[C@@H](O)[C@H](O)[C@H]1O[C@@H]1O[C@H](CO)[C@@H](O)[C@H](O)[C@H]1O. The van der Waals surface area contributed by atoms with Gasteiger partial charge in [0.15, 0.2) is 25.2 Å². The zero-order valence-corrected chi connectivity index (χ0v) is 44.6. The fourth-order valence-electron chi connectivity index (χ4n) is 15.7. The van der Waals surface area contributed by atoms with Crippen molar-refractivity contribution in [3.8, 4) is 0 Å². The Kier molecular flexibility index (Phi) is 18.7. The van der Waals surface area contributed by atoms with Crippen LogP contribution in [0.3, 0.4) is 0 Å². The quantitative estimate of drug-likeness (QED) is 0.0664. The molecule has 0 amide bonds. The number of rotatable bonds is 16. The molecule has 4 aliphatic carbocycles. The van der Waals surface area contributed by atoms with Gasteiger partial charge < -0.3 is 119 Å². The second-order valence-corrected chi connectivity index (χ2v) is 24.6. The number of ether oxygens (including phenoxy) is 9. The molecule has 32 atom stereocenters. The lowest BCUT2D eigenvalue weighted by atomic mass is 9.47. The first kappa shape index (κ1) is 60.4. The Morgan fingerprint density at radius 3 is 1.58 bits per heavy atom. The third-order valence-corrected chi connectivity index (χ3v) is 20.4. The van der Waals surface area contributed by atoms with Crippen molar-refractivity contribution in [1.29, 1.82) is 0 Å². The van der Waals surface area contributed by atoms with Crippen LogP contribution in [0.4, 0.5) is 0 Å². The molecule has 15 N–H and O–H groups in total. The lowest BCUT2D eigenvalue weighted by Crippen LogP contribution is -2.65. The van der Waals surface area contributed by atoms with Crippen LogP contribution in [0.25, 0.3) is 0 Å². The molecule has 0 spiro atoms. The molecule has 24 heteroatoms. The lowest BCUT2D eigenvalue weighted by Gasteiger charge is -2.58. The van der Waals surface area contributed by atoms with Crippen LogP contribution in [0.2, 0.25) is 0 Å². The molecule has 5 aliphatic heterocycles. The minimum Gasteiger partial charge on any atom is -0.394 e. The van der Waals surface area contributed by atoms with Crippen molar-refractivity contribution >= 4 is 0 Å². The zero-order valence-electron chi connectivity index (χ0n) is 44.6. The van der Waals surface area contributed by atoms with Crippen molar-refractivity contribution in [1.82, 2.24) is 0 Å². The van der Waals surface area contributed by atoms with Gasteiger partial charge >= 0.3 is 0 Å². The summed E-state index contributed by atoms with van der Waals surface area (Å²) >= 11 is 0. The van der Waals surface area contributed by atoms with E-state index in [0.29, 0.717) is 32.1 Å². The maximum Gasteiger partial charge on any atom is 0.187 e. The van der Waals surface area contributed by atoms with Crippen molar-refractivity contribution < 1.29 is 119 Å². The third kappa shape index (κ3) is 10.9. The summed E-state index contributed by atoms with van der Waals surface area (Å²) in [6.07, 6.45) is -23.6. The largest absolute Gasteiger partial charge is 0.394 e. The number of allylic oxidation sites excluding steroid dienone is 2. The number of aliphatic hydroxyl groups excluding tert-OH is 15. The van der Waals surface area contributed by atoms with Gasteiger partial charge in [0, 0.05) is 0 Å². The molecule has 9 aliphatic rings. The average Bonchev–Trinajstić information content (AvgIpc) is 3.93. The summed E-state index contributed by atoms with van der Waals surface area (Å²) in [5.41, 5.74) is 0.105. The molecule has 0 aromatic rings. The molecule has 0 unspecified atom stereocenters. The Balaban J connectivity index is 0.856. The van der Waals surface area contributed by atoms with E-state index in [1.165, 1.54) is 5.57 Å². The molecule has 5 saturated heterocycles. The first-order chi connectivity index (χ1) is 36.5. The summed E-state index contributed by atoms with van der Waals surface area (Å²) in [5, 5.41) is 159. The Morgan fingerprint density at radius 1 is 0.558 bits per heavy atom. The van der Waals surface area contributed by atoms with E-state index >= 15 is 0 Å². The van der Waals surface area contributed by atoms with Crippen LogP contribution in [0, 0.1) is 46.3 Å². The Labute approximate surface area is 448 Å². The zero-order chi connectivity index (χ0) is 55.8. The Hall–Kier alpha value is -1.22. The minimum absolute atomic E-state index is 0.0271. The molecule has 0 aromatic carbocycles. The molecule has 24 nitrogen and oxygen atoms in total. The predicted octanol–water partition coefficient (Wildman–Crippen LogP) is -3.60. The van der Waals surface area contributed by atoms with Crippen LogP contribution in [0.1, 0.15) is 92.4 Å². The van der Waals surface area contributed by atoms with Gasteiger partial charge in [-0.15, -0.1) is 0 Å². The molecular formula is C53H88O24. The van der Waals surface area contributed by atoms with Gasteiger partial charge in [-0.1, -0.05) is 45.8 Å². The Bertz CT molecular complexity index is 1990. The summed E-state index contributed by atoms with van der Waals surface area (Å²) in [6, 6.07) is 0. The lowest BCUT2D eigenvalue weighted by molar-refractivity contribution is -0.373.